The zero-order valence-electron chi connectivity index (χ0n) is 14.4. The van der Waals surface area contributed by atoms with E-state index in [0.29, 0.717) is 18.9 Å². The molecule has 1 aliphatic rings. The van der Waals surface area contributed by atoms with Gasteiger partial charge in [0.15, 0.2) is 5.82 Å². The molecule has 0 spiro atoms. The molecule has 0 bridgehead atoms. The van der Waals surface area contributed by atoms with Crippen LogP contribution in [0.2, 0.25) is 0 Å². The predicted octanol–water partition coefficient (Wildman–Crippen LogP) is 1.37. The molecule has 26 heavy (non-hydrogen) atoms. The topological polar surface area (TPSA) is 88.8 Å². The van der Waals surface area contributed by atoms with Crippen molar-refractivity contribution in [2.75, 3.05) is 18.0 Å². The first-order chi connectivity index (χ1) is 12.7. The molecule has 8 heteroatoms. The Bertz CT molecular complexity index is 876. The highest BCUT2D eigenvalue weighted by atomic mass is 16.2. The number of hydrogen-bond acceptors (Lipinski definition) is 6. The molecule has 1 atom stereocenters. The highest BCUT2D eigenvalue weighted by molar-refractivity contribution is 5.82. The van der Waals surface area contributed by atoms with Crippen LogP contribution < -0.4 is 10.2 Å². The fraction of sp³-hybridized carbons (Fsp3) is 0.278. The van der Waals surface area contributed by atoms with Crippen molar-refractivity contribution in [3.05, 3.63) is 60.9 Å². The third-order valence-electron chi connectivity index (χ3n) is 4.53. The minimum atomic E-state index is -0.0362. The van der Waals surface area contributed by atoms with Gasteiger partial charge in [0.1, 0.15) is 24.8 Å². The monoisotopic (exact) mass is 349 g/mol. The van der Waals surface area contributed by atoms with Gasteiger partial charge in [0, 0.05) is 19.2 Å². The molecule has 1 saturated heterocycles. The van der Waals surface area contributed by atoms with Gasteiger partial charge in [0.25, 0.3) is 0 Å². The molecule has 1 N–H and O–H groups in total. The third kappa shape index (κ3) is 3.26. The van der Waals surface area contributed by atoms with E-state index >= 15 is 0 Å². The second-order valence-electron chi connectivity index (χ2n) is 6.32. The number of benzene rings is 1. The van der Waals surface area contributed by atoms with Gasteiger partial charge in [-0.25, -0.2) is 19.6 Å². The van der Waals surface area contributed by atoms with E-state index in [1.54, 1.807) is 11.0 Å². The molecule has 4 rings (SSSR count). The van der Waals surface area contributed by atoms with Gasteiger partial charge < -0.3 is 10.2 Å². The van der Waals surface area contributed by atoms with Gasteiger partial charge in [-0.05, 0) is 12.5 Å². The number of nitrogens with zero attached hydrogens (tertiary/aromatic N) is 6. The zero-order chi connectivity index (χ0) is 17.9. The van der Waals surface area contributed by atoms with E-state index in [-0.39, 0.29) is 17.9 Å². The molecule has 8 nitrogen and oxygen atoms in total. The van der Waals surface area contributed by atoms with Crippen molar-refractivity contribution in [3.63, 3.8) is 0 Å². The van der Waals surface area contributed by atoms with Gasteiger partial charge in [-0.3, -0.25) is 4.79 Å². The largest absolute Gasteiger partial charge is 0.355 e. The van der Waals surface area contributed by atoms with Crippen molar-refractivity contribution in [1.29, 1.82) is 0 Å². The van der Waals surface area contributed by atoms with Crippen LogP contribution >= 0.6 is 0 Å². The fourth-order valence-corrected chi connectivity index (χ4v) is 2.95. The Morgan fingerprint density at radius 2 is 1.92 bits per heavy atom. The van der Waals surface area contributed by atoms with Gasteiger partial charge >= 0.3 is 0 Å². The number of rotatable bonds is 5. The highest BCUT2D eigenvalue weighted by Gasteiger charge is 2.34. The van der Waals surface area contributed by atoms with E-state index in [0.717, 1.165) is 11.4 Å². The van der Waals surface area contributed by atoms with Crippen LogP contribution in [0.5, 0.6) is 0 Å². The summed E-state index contributed by atoms with van der Waals surface area (Å²) < 4.78 is 1.58. The summed E-state index contributed by atoms with van der Waals surface area (Å²) in [6, 6.07) is 11.8. The molecule has 3 heterocycles. The molecule has 0 radical (unpaired) electrons. The van der Waals surface area contributed by atoms with Crippen LogP contribution in [-0.4, -0.2) is 43.7 Å². The van der Waals surface area contributed by atoms with E-state index in [4.69, 9.17) is 0 Å². The Balaban J connectivity index is 1.35. The summed E-state index contributed by atoms with van der Waals surface area (Å²) in [5, 5.41) is 7.15. The van der Waals surface area contributed by atoms with Crippen molar-refractivity contribution >= 4 is 11.7 Å². The number of nitrogens with one attached hydrogen (secondary N) is 1. The van der Waals surface area contributed by atoms with E-state index in [1.807, 2.05) is 43.3 Å². The number of carbonyl (C=O) groups is 1. The van der Waals surface area contributed by atoms with Crippen LogP contribution in [0.4, 0.5) is 5.82 Å². The number of anilines is 1. The molecule has 2 aromatic heterocycles. The summed E-state index contributed by atoms with van der Waals surface area (Å²) in [5.41, 5.74) is 1.10. The van der Waals surface area contributed by atoms with Gasteiger partial charge in [-0.15, -0.1) is 0 Å². The van der Waals surface area contributed by atoms with Crippen LogP contribution in [-0.2, 0) is 4.79 Å². The summed E-state index contributed by atoms with van der Waals surface area (Å²) in [4.78, 5) is 26.9. The Morgan fingerprint density at radius 1 is 1.15 bits per heavy atom. The molecule has 1 aliphatic heterocycles. The van der Waals surface area contributed by atoms with E-state index in [9.17, 15) is 4.79 Å². The molecule has 1 fully saturated rings. The molecular weight excluding hydrogens is 330 g/mol. The van der Waals surface area contributed by atoms with Crippen LogP contribution in [0.3, 0.4) is 0 Å². The molecule has 3 aromatic rings. The summed E-state index contributed by atoms with van der Waals surface area (Å²) in [6.07, 6.45) is 4.54. The van der Waals surface area contributed by atoms with Gasteiger partial charge in [-0.1, -0.05) is 30.3 Å². The first-order valence-electron chi connectivity index (χ1n) is 8.48. The quantitative estimate of drug-likeness (QED) is 0.748. The number of aromatic nitrogens is 5. The van der Waals surface area contributed by atoms with E-state index in [2.05, 4.69) is 30.3 Å². The van der Waals surface area contributed by atoms with Crippen LogP contribution in [0.1, 0.15) is 18.5 Å². The zero-order valence-corrected chi connectivity index (χ0v) is 14.4. The lowest BCUT2D eigenvalue weighted by Gasteiger charge is -2.39. The van der Waals surface area contributed by atoms with E-state index in [1.165, 1.54) is 12.7 Å². The average Bonchev–Trinajstić information content (AvgIpc) is 3.16. The van der Waals surface area contributed by atoms with Crippen molar-refractivity contribution in [1.82, 2.24) is 30.0 Å². The minimum absolute atomic E-state index is 0.00396. The standard InChI is InChI=1S/C18H19N7O/c1-13(14-5-3-2-4-6-14)23-18(26)15-8-24(9-15)16-7-17(21-11-20-16)25-12-19-10-22-25/h2-7,10-13,15H,8-9H2,1H3,(H,23,26)/t13-/m1/s1. The van der Waals surface area contributed by atoms with Gasteiger partial charge in [0.05, 0.1) is 12.0 Å². The lowest BCUT2D eigenvalue weighted by molar-refractivity contribution is -0.126. The molecule has 0 unspecified atom stereocenters. The second-order valence-corrected chi connectivity index (χ2v) is 6.32. The third-order valence-corrected chi connectivity index (χ3v) is 4.53. The van der Waals surface area contributed by atoms with Crippen LogP contribution in [0.15, 0.2) is 55.4 Å². The summed E-state index contributed by atoms with van der Waals surface area (Å²) >= 11 is 0. The van der Waals surface area contributed by atoms with Gasteiger partial charge in [-0.2, -0.15) is 5.10 Å². The van der Waals surface area contributed by atoms with Crippen molar-refractivity contribution < 1.29 is 4.79 Å². The maximum Gasteiger partial charge on any atom is 0.227 e. The summed E-state index contributed by atoms with van der Waals surface area (Å²) in [7, 11) is 0. The van der Waals surface area contributed by atoms with Crippen molar-refractivity contribution in [2.24, 2.45) is 5.92 Å². The average molecular weight is 349 g/mol. The maximum absolute atomic E-state index is 12.4. The molecule has 0 aliphatic carbocycles. The first kappa shape index (κ1) is 16.2. The Labute approximate surface area is 150 Å². The molecule has 1 aromatic carbocycles. The maximum atomic E-state index is 12.4. The van der Waals surface area contributed by atoms with Gasteiger partial charge in [0.2, 0.25) is 5.91 Å². The van der Waals surface area contributed by atoms with Crippen molar-refractivity contribution in [2.45, 2.75) is 13.0 Å². The van der Waals surface area contributed by atoms with E-state index < -0.39 is 0 Å². The smallest absolute Gasteiger partial charge is 0.227 e. The Hall–Kier alpha value is -3.29. The summed E-state index contributed by atoms with van der Waals surface area (Å²) in [5.74, 6) is 1.47. The molecule has 0 saturated carbocycles. The lowest BCUT2D eigenvalue weighted by Crippen LogP contribution is -2.54. The fourth-order valence-electron chi connectivity index (χ4n) is 2.95. The molecular formula is C18H19N7O. The highest BCUT2D eigenvalue weighted by Crippen LogP contribution is 2.24. The number of hydrogen-bond donors (Lipinski definition) is 1. The summed E-state index contributed by atoms with van der Waals surface area (Å²) in [6.45, 7) is 3.28. The SMILES string of the molecule is C[C@@H](NC(=O)C1CN(c2cc(-n3cncn3)ncn2)C1)c1ccccc1. The number of amides is 1. The predicted molar refractivity (Wildman–Crippen MR) is 95.7 cm³/mol. The van der Waals surface area contributed by atoms with Crippen molar-refractivity contribution in [3.8, 4) is 5.82 Å². The lowest BCUT2D eigenvalue weighted by atomic mass is 9.98. The minimum Gasteiger partial charge on any atom is -0.355 e. The first-order valence-corrected chi connectivity index (χ1v) is 8.48. The van der Waals surface area contributed by atoms with Crippen LogP contribution in [0.25, 0.3) is 5.82 Å². The molecule has 132 valence electrons. The Morgan fingerprint density at radius 3 is 2.65 bits per heavy atom. The number of carbonyl (C=O) groups excluding carboxylic acids is 1. The normalized spacial score (nSPS) is 15.3. The second kappa shape index (κ2) is 6.91. The van der Waals surface area contributed by atoms with Crippen LogP contribution in [0, 0.1) is 5.92 Å². The molecule has 1 amide bonds. The Kier molecular flexibility index (Phi) is 4.30.